The van der Waals surface area contributed by atoms with E-state index < -0.39 is 27.1 Å². The molecule has 2 rings (SSSR count). The van der Waals surface area contributed by atoms with Crippen LogP contribution in [0.2, 0.25) is 5.02 Å². The highest BCUT2D eigenvalue weighted by molar-refractivity contribution is 6.32. The zero-order chi connectivity index (χ0) is 21.6. The van der Waals surface area contributed by atoms with Gasteiger partial charge in [-0.2, -0.15) is 0 Å². The molecule has 0 spiro atoms. The predicted molar refractivity (Wildman–Crippen MR) is 106 cm³/mol. The summed E-state index contributed by atoms with van der Waals surface area (Å²) < 4.78 is 0. The van der Waals surface area contributed by atoms with Crippen LogP contribution in [0, 0.1) is 26.1 Å². The third-order valence-corrected chi connectivity index (χ3v) is 4.04. The average molecular weight is 424 g/mol. The Balaban J connectivity index is 2.17. The van der Waals surface area contributed by atoms with E-state index in [1.165, 1.54) is 12.1 Å². The molecule has 154 valence electrons. The summed E-state index contributed by atoms with van der Waals surface area (Å²) in [5.74, 6) is -0.617. The lowest BCUT2D eigenvalue weighted by atomic mass is 10.1. The molecule has 0 saturated heterocycles. The van der Waals surface area contributed by atoms with E-state index in [2.05, 4.69) is 26.1 Å². The molecule has 0 saturated carbocycles. The summed E-state index contributed by atoms with van der Waals surface area (Å²) in [6.45, 7) is 4.50. The number of halogens is 1. The minimum Gasteiger partial charge on any atom is -0.364 e. The molecule has 29 heavy (non-hydrogen) atoms. The van der Waals surface area contributed by atoms with Crippen LogP contribution in [0.3, 0.4) is 0 Å². The molecule has 0 atom stereocenters. The number of anilines is 2. The third kappa shape index (κ3) is 5.72. The lowest BCUT2D eigenvalue weighted by Gasteiger charge is -2.11. The Bertz CT molecular complexity index is 938. The Kier molecular flexibility index (Phi) is 7.20. The highest BCUT2D eigenvalue weighted by atomic mass is 35.5. The van der Waals surface area contributed by atoms with Crippen molar-refractivity contribution in [3.63, 3.8) is 0 Å². The number of nitrogens with one attached hydrogen (secondary N) is 3. The molecule has 3 N–H and O–H groups in total. The highest BCUT2D eigenvalue weighted by Gasteiger charge is 2.24. The zero-order valence-electron chi connectivity index (χ0n) is 15.5. The van der Waals surface area contributed by atoms with Gasteiger partial charge in [0.15, 0.2) is 0 Å². The maximum absolute atomic E-state index is 12.2. The smallest absolute Gasteiger partial charge is 0.354 e. The fraction of sp³-hybridized carbons (Fsp3) is 0.312. The van der Waals surface area contributed by atoms with Gasteiger partial charge in [0.2, 0.25) is 11.6 Å². The number of rotatable bonds is 9. The monoisotopic (exact) mass is 423 g/mol. The fourth-order valence-corrected chi connectivity index (χ4v) is 2.42. The predicted octanol–water partition coefficient (Wildman–Crippen LogP) is 3.16. The third-order valence-electron chi connectivity index (χ3n) is 3.72. The molecular formula is C16H18ClN7O5. The van der Waals surface area contributed by atoms with E-state index in [0.717, 1.165) is 18.8 Å². The number of nitro groups is 2. The van der Waals surface area contributed by atoms with E-state index in [0.29, 0.717) is 12.5 Å². The number of carbonyl (C=O) groups is 1. The van der Waals surface area contributed by atoms with Crippen LogP contribution in [0.25, 0.3) is 0 Å². The highest BCUT2D eigenvalue weighted by Crippen LogP contribution is 2.29. The van der Waals surface area contributed by atoms with E-state index in [-0.39, 0.29) is 22.2 Å². The molecule has 0 aliphatic carbocycles. The number of aromatic nitrogens is 2. The molecule has 0 radical (unpaired) electrons. The normalized spacial score (nSPS) is 10.5. The van der Waals surface area contributed by atoms with Crippen molar-refractivity contribution in [3.05, 3.63) is 55.3 Å². The van der Waals surface area contributed by atoms with E-state index >= 15 is 0 Å². The van der Waals surface area contributed by atoms with Crippen molar-refractivity contribution in [3.8, 4) is 0 Å². The molecule has 0 fully saturated rings. The summed E-state index contributed by atoms with van der Waals surface area (Å²) in [6.07, 6.45) is 1.88. The maximum atomic E-state index is 12.2. The van der Waals surface area contributed by atoms with Gasteiger partial charge in [0.05, 0.1) is 9.85 Å². The van der Waals surface area contributed by atoms with Gasteiger partial charge in [-0.05, 0) is 24.5 Å². The van der Waals surface area contributed by atoms with Crippen LogP contribution in [0.1, 0.15) is 30.6 Å². The van der Waals surface area contributed by atoms with Gasteiger partial charge in [-0.1, -0.05) is 25.4 Å². The van der Waals surface area contributed by atoms with Crippen LogP contribution in [0.5, 0.6) is 0 Å². The second-order valence-corrected chi connectivity index (χ2v) is 6.70. The second-order valence-electron chi connectivity index (χ2n) is 6.29. The van der Waals surface area contributed by atoms with E-state index in [9.17, 15) is 25.0 Å². The van der Waals surface area contributed by atoms with E-state index in [1.807, 2.05) is 13.8 Å². The quantitative estimate of drug-likeness (QED) is 0.405. The van der Waals surface area contributed by atoms with Crippen LogP contribution in [-0.4, -0.2) is 32.3 Å². The van der Waals surface area contributed by atoms with E-state index in [1.54, 1.807) is 0 Å². The first-order valence-electron chi connectivity index (χ1n) is 8.44. The van der Waals surface area contributed by atoms with Crippen molar-refractivity contribution in [1.29, 1.82) is 0 Å². The first-order chi connectivity index (χ1) is 13.7. The molecule has 1 aromatic carbocycles. The second kappa shape index (κ2) is 9.59. The topological polar surface area (TPSA) is 165 Å². The lowest BCUT2D eigenvalue weighted by Crippen LogP contribution is -2.30. The van der Waals surface area contributed by atoms with E-state index in [4.69, 9.17) is 11.6 Å². The number of benzene rings is 1. The summed E-state index contributed by atoms with van der Waals surface area (Å²) in [5.41, 5.74) is 3.63. The van der Waals surface area contributed by atoms with Gasteiger partial charge >= 0.3 is 5.69 Å². The molecule has 12 nitrogen and oxygen atoms in total. The summed E-state index contributed by atoms with van der Waals surface area (Å²) in [7, 11) is 0. The van der Waals surface area contributed by atoms with Gasteiger partial charge in [0.25, 0.3) is 11.6 Å². The van der Waals surface area contributed by atoms with Gasteiger partial charge in [0, 0.05) is 18.2 Å². The molecule has 2 aromatic rings. The standard InChI is InChI=1S/C16H18ClN7O5/c1-9(2)5-6-18-14-13(24(28)29)15(20-8-19-14)21-22-16(25)10-3-4-11(17)12(7-10)23(26)27/h3-4,7-9H,5-6H2,1-2H3,(H,22,25)(H2,18,19,20,21). The van der Waals surface area contributed by atoms with Crippen LogP contribution in [0.4, 0.5) is 23.0 Å². The van der Waals surface area contributed by atoms with Crippen molar-refractivity contribution >= 4 is 40.5 Å². The molecule has 0 bridgehead atoms. The molecule has 1 amide bonds. The molecule has 0 aliphatic rings. The molecule has 1 aromatic heterocycles. The SMILES string of the molecule is CC(C)CCNc1ncnc(NNC(=O)c2ccc(Cl)c([N+](=O)[O-])c2)c1[N+](=O)[O-]. The number of carbonyl (C=O) groups excluding carboxylic acids is 1. The van der Waals surface area contributed by atoms with Gasteiger partial charge in [-0.3, -0.25) is 35.9 Å². The van der Waals surface area contributed by atoms with Crippen molar-refractivity contribution < 1.29 is 14.6 Å². The minimum atomic E-state index is -0.771. The Morgan fingerprint density at radius 2 is 1.86 bits per heavy atom. The number of hydrogen-bond acceptors (Lipinski definition) is 9. The number of nitro benzene ring substituents is 1. The first kappa shape index (κ1) is 21.8. The lowest BCUT2D eigenvalue weighted by molar-refractivity contribution is -0.384. The van der Waals surface area contributed by atoms with Crippen LogP contribution in [-0.2, 0) is 0 Å². The minimum absolute atomic E-state index is 0.00419. The van der Waals surface area contributed by atoms with Crippen molar-refractivity contribution in [1.82, 2.24) is 15.4 Å². The Morgan fingerprint density at radius 1 is 1.17 bits per heavy atom. The van der Waals surface area contributed by atoms with Crippen molar-refractivity contribution in [2.24, 2.45) is 5.92 Å². The van der Waals surface area contributed by atoms with Gasteiger partial charge in [-0.15, -0.1) is 0 Å². The molecule has 0 aliphatic heterocycles. The van der Waals surface area contributed by atoms with Crippen LogP contribution >= 0.6 is 11.6 Å². The average Bonchev–Trinajstić information content (AvgIpc) is 2.65. The number of hydrogen-bond donors (Lipinski definition) is 3. The summed E-state index contributed by atoms with van der Waals surface area (Å²) in [5, 5.41) is 25.1. The summed E-state index contributed by atoms with van der Waals surface area (Å²) >= 11 is 5.72. The Labute approximate surface area is 170 Å². The van der Waals surface area contributed by atoms with Gasteiger partial charge in [0.1, 0.15) is 11.3 Å². The number of amides is 1. The number of hydrazine groups is 1. The molecule has 13 heteroatoms. The number of nitrogens with zero attached hydrogens (tertiary/aromatic N) is 4. The molecule has 0 unspecified atom stereocenters. The largest absolute Gasteiger partial charge is 0.364 e. The van der Waals surface area contributed by atoms with Gasteiger partial charge in [-0.25, -0.2) is 9.97 Å². The molecular weight excluding hydrogens is 406 g/mol. The maximum Gasteiger partial charge on any atom is 0.354 e. The zero-order valence-corrected chi connectivity index (χ0v) is 16.3. The van der Waals surface area contributed by atoms with Crippen molar-refractivity contribution in [2.45, 2.75) is 20.3 Å². The van der Waals surface area contributed by atoms with Crippen molar-refractivity contribution in [2.75, 3.05) is 17.3 Å². The molecule has 1 heterocycles. The van der Waals surface area contributed by atoms with Crippen LogP contribution < -0.4 is 16.2 Å². The summed E-state index contributed by atoms with van der Waals surface area (Å²) in [6, 6.07) is 3.48. The first-order valence-corrected chi connectivity index (χ1v) is 8.82. The Hall–Kier alpha value is -3.54. The fourth-order valence-electron chi connectivity index (χ4n) is 2.23. The summed E-state index contributed by atoms with van der Waals surface area (Å²) in [4.78, 5) is 40.9. The Morgan fingerprint density at radius 3 is 2.48 bits per heavy atom. The van der Waals surface area contributed by atoms with Gasteiger partial charge < -0.3 is 5.32 Å². The van der Waals surface area contributed by atoms with Crippen LogP contribution in [0.15, 0.2) is 24.5 Å².